The van der Waals surface area contributed by atoms with Crippen LogP contribution in [0.15, 0.2) is 12.1 Å². The van der Waals surface area contributed by atoms with E-state index in [0.29, 0.717) is 25.7 Å². The van der Waals surface area contributed by atoms with Crippen LogP contribution in [0.3, 0.4) is 0 Å². The molecule has 0 bridgehead atoms. The van der Waals surface area contributed by atoms with Crippen LogP contribution in [0.5, 0.6) is 11.5 Å². The molecule has 2 rings (SSSR count). The zero-order valence-corrected chi connectivity index (χ0v) is 18.3. The van der Waals surface area contributed by atoms with E-state index in [0.717, 1.165) is 68.9 Å². The Balaban J connectivity index is 1.74. The van der Waals surface area contributed by atoms with Crippen LogP contribution in [-0.2, 0) is 27.2 Å². The van der Waals surface area contributed by atoms with Gasteiger partial charge in [0.25, 0.3) is 6.47 Å². The Kier molecular flexibility index (Phi) is 8.56. The average Bonchev–Trinajstić information content (AvgIpc) is 3.44. The number of carbonyl (C=O) groups is 2. The molecule has 168 valence electrons. The van der Waals surface area contributed by atoms with E-state index in [4.69, 9.17) is 9.84 Å². The van der Waals surface area contributed by atoms with Crippen LogP contribution in [0.25, 0.3) is 0 Å². The molecule has 0 aliphatic heterocycles. The topological polar surface area (TPSA) is 104 Å². The molecule has 0 spiro atoms. The van der Waals surface area contributed by atoms with E-state index in [1.54, 1.807) is 26.0 Å². The molecule has 1 aromatic rings. The smallest absolute Gasteiger partial charge is 0.309 e. The summed E-state index contributed by atoms with van der Waals surface area (Å²) in [6.45, 7) is 4.04. The third-order valence-electron chi connectivity index (χ3n) is 6.26. The summed E-state index contributed by atoms with van der Waals surface area (Å²) >= 11 is 0. The monoisotopic (exact) mass is 420 g/mol. The average molecular weight is 421 g/mol. The molecule has 1 saturated carbocycles. The maximum atomic E-state index is 11.1. The molecule has 0 heterocycles. The Hall–Kier alpha value is -2.24. The number of carbonyl (C=O) groups excluding carboxylic acids is 1. The second-order valence-electron chi connectivity index (χ2n) is 9.32. The lowest BCUT2D eigenvalue weighted by Crippen LogP contribution is -2.23. The van der Waals surface area contributed by atoms with Crippen LogP contribution >= 0.6 is 0 Å². The lowest BCUT2D eigenvalue weighted by Gasteiger charge is -2.18. The summed E-state index contributed by atoms with van der Waals surface area (Å²) in [5.41, 5.74) is 0.595. The van der Waals surface area contributed by atoms with Gasteiger partial charge in [-0.25, -0.2) is 0 Å². The Morgan fingerprint density at radius 2 is 1.60 bits per heavy atom. The number of ether oxygens (including phenoxy) is 1. The number of phenolic OH excluding ortho intramolecular Hbond substituents is 2. The predicted molar refractivity (Wildman–Crippen MR) is 115 cm³/mol. The fraction of sp³-hybridized carbons (Fsp3) is 0.667. The van der Waals surface area contributed by atoms with Crippen LogP contribution in [-0.4, -0.2) is 33.4 Å². The van der Waals surface area contributed by atoms with Crippen LogP contribution in [0.1, 0.15) is 89.2 Å². The number of carboxylic acid groups (broad SMARTS) is 1. The third-order valence-corrected chi connectivity index (χ3v) is 6.26. The number of aromatic hydroxyl groups is 2. The lowest BCUT2D eigenvalue weighted by atomic mass is 9.87. The number of aryl methyl sites for hydroxylation is 2. The number of phenols is 2. The third kappa shape index (κ3) is 7.22. The minimum Gasteiger partial charge on any atom is -0.508 e. The van der Waals surface area contributed by atoms with Gasteiger partial charge in [0.05, 0.1) is 5.41 Å². The van der Waals surface area contributed by atoms with Crippen LogP contribution in [0.2, 0.25) is 0 Å². The minimum absolute atomic E-state index is 0.170. The number of hydrogen-bond donors (Lipinski definition) is 3. The highest BCUT2D eigenvalue weighted by Gasteiger charge is 2.44. The zero-order valence-electron chi connectivity index (χ0n) is 18.3. The number of rotatable bonds is 15. The molecule has 6 nitrogen and oxygen atoms in total. The molecule has 0 atom stereocenters. The molecular formula is C24H36O6. The highest BCUT2D eigenvalue weighted by atomic mass is 16.5. The number of hydrogen-bond acceptors (Lipinski definition) is 5. The van der Waals surface area contributed by atoms with Gasteiger partial charge in [-0.15, -0.1) is 0 Å². The zero-order chi connectivity index (χ0) is 22.2. The lowest BCUT2D eigenvalue weighted by molar-refractivity contribution is -0.147. The summed E-state index contributed by atoms with van der Waals surface area (Å²) in [7, 11) is 0. The van der Waals surface area contributed by atoms with Crippen molar-refractivity contribution in [1.29, 1.82) is 0 Å². The number of aliphatic carboxylic acids is 1. The first-order valence-corrected chi connectivity index (χ1v) is 11.1. The quantitative estimate of drug-likeness (QED) is 0.207. The molecule has 0 amide bonds. The van der Waals surface area contributed by atoms with Gasteiger partial charge in [-0.2, -0.15) is 0 Å². The maximum Gasteiger partial charge on any atom is 0.309 e. The Labute approximate surface area is 179 Å². The molecule has 0 aromatic heterocycles. The Morgan fingerprint density at radius 3 is 2.13 bits per heavy atom. The summed E-state index contributed by atoms with van der Waals surface area (Å²) in [6.07, 6.45) is 10.2. The fourth-order valence-electron chi connectivity index (χ4n) is 3.90. The van der Waals surface area contributed by atoms with Crippen molar-refractivity contribution in [3.05, 3.63) is 23.3 Å². The summed E-state index contributed by atoms with van der Waals surface area (Å²) in [4.78, 5) is 21.7. The Bertz CT molecular complexity index is 721. The van der Waals surface area contributed by atoms with E-state index in [-0.39, 0.29) is 17.1 Å². The highest BCUT2D eigenvalue weighted by molar-refractivity contribution is 5.73. The molecule has 6 heteroatoms. The van der Waals surface area contributed by atoms with Gasteiger partial charge in [-0.3, -0.25) is 9.59 Å². The van der Waals surface area contributed by atoms with Crippen molar-refractivity contribution in [2.45, 2.75) is 96.5 Å². The maximum absolute atomic E-state index is 11.1. The summed E-state index contributed by atoms with van der Waals surface area (Å²) in [6, 6.07) is 3.26. The van der Waals surface area contributed by atoms with Gasteiger partial charge in [0.1, 0.15) is 17.1 Å². The van der Waals surface area contributed by atoms with Crippen molar-refractivity contribution in [2.75, 3.05) is 0 Å². The standard InChI is InChI=1S/C24H36O6/c1-23(2,22(28)29)11-7-4-3-5-9-18-15-20(26)16-19(21(18)27)10-6-8-12-24(13-14-24)30-17-25/h15-17,26-27H,3-14H2,1-2H3,(H,28,29). The summed E-state index contributed by atoms with van der Waals surface area (Å²) in [5.74, 6) is -0.322. The minimum atomic E-state index is -0.761. The van der Waals surface area contributed by atoms with E-state index in [2.05, 4.69) is 0 Å². The van der Waals surface area contributed by atoms with Gasteiger partial charge in [0, 0.05) is 0 Å². The molecule has 1 fully saturated rings. The van der Waals surface area contributed by atoms with Crippen molar-refractivity contribution >= 4 is 12.4 Å². The van der Waals surface area contributed by atoms with E-state index in [1.807, 2.05) is 0 Å². The van der Waals surface area contributed by atoms with Crippen molar-refractivity contribution in [2.24, 2.45) is 5.41 Å². The van der Waals surface area contributed by atoms with E-state index in [1.165, 1.54) is 0 Å². The summed E-state index contributed by atoms with van der Waals surface area (Å²) < 4.78 is 5.16. The van der Waals surface area contributed by atoms with Gasteiger partial charge in [0.15, 0.2) is 0 Å². The first-order valence-electron chi connectivity index (χ1n) is 11.1. The molecule has 30 heavy (non-hydrogen) atoms. The SMILES string of the molecule is CC(C)(CCCCCCc1cc(O)cc(CCCCC2(OC=O)CC2)c1O)C(=O)O. The first-order chi connectivity index (χ1) is 14.2. The van der Waals surface area contributed by atoms with Gasteiger partial charge >= 0.3 is 5.97 Å². The molecular weight excluding hydrogens is 384 g/mol. The second kappa shape index (κ2) is 10.7. The van der Waals surface area contributed by atoms with Crippen molar-refractivity contribution < 1.29 is 29.6 Å². The van der Waals surface area contributed by atoms with Crippen molar-refractivity contribution in [3.63, 3.8) is 0 Å². The van der Waals surface area contributed by atoms with Crippen LogP contribution < -0.4 is 0 Å². The van der Waals surface area contributed by atoms with Crippen LogP contribution in [0.4, 0.5) is 0 Å². The number of carboxylic acids is 1. The van der Waals surface area contributed by atoms with Crippen LogP contribution in [0, 0.1) is 5.41 Å². The fourth-order valence-corrected chi connectivity index (χ4v) is 3.90. The van der Waals surface area contributed by atoms with Gasteiger partial charge < -0.3 is 20.1 Å². The molecule has 3 N–H and O–H groups in total. The molecule has 1 aliphatic rings. The van der Waals surface area contributed by atoms with E-state index >= 15 is 0 Å². The number of unbranched alkanes of at least 4 members (excludes halogenated alkanes) is 4. The molecule has 1 aliphatic carbocycles. The van der Waals surface area contributed by atoms with Gasteiger partial charge in [-0.1, -0.05) is 19.3 Å². The molecule has 0 unspecified atom stereocenters. The molecule has 1 aromatic carbocycles. The van der Waals surface area contributed by atoms with E-state index in [9.17, 15) is 19.8 Å². The van der Waals surface area contributed by atoms with Crippen molar-refractivity contribution in [1.82, 2.24) is 0 Å². The first kappa shape index (κ1) is 24.0. The number of benzene rings is 1. The van der Waals surface area contributed by atoms with Gasteiger partial charge in [0.2, 0.25) is 0 Å². The van der Waals surface area contributed by atoms with E-state index < -0.39 is 11.4 Å². The second-order valence-corrected chi connectivity index (χ2v) is 9.32. The molecule has 0 saturated heterocycles. The normalized spacial score (nSPS) is 15.0. The van der Waals surface area contributed by atoms with Gasteiger partial charge in [-0.05, 0) is 94.9 Å². The predicted octanol–water partition coefficient (Wildman–Crippen LogP) is 5.12. The summed E-state index contributed by atoms with van der Waals surface area (Å²) in [5, 5.41) is 29.8. The largest absolute Gasteiger partial charge is 0.508 e. The Morgan fingerprint density at radius 1 is 1.03 bits per heavy atom. The van der Waals surface area contributed by atoms with Crippen molar-refractivity contribution in [3.8, 4) is 11.5 Å². The molecule has 0 radical (unpaired) electrons. The highest BCUT2D eigenvalue weighted by Crippen LogP contribution is 2.43.